The molecule has 106 valence electrons. The van der Waals surface area contributed by atoms with E-state index in [1.165, 1.54) is 0 Å². The monoisotopic (exact) mass is 374 g/mol. The second kappa shape index (κ2) is 6.35. The highest BCUT2D eigenvalue weighted by atomic mass is 79.9. The number of benzene rings is 2. The highest BCUT2D eigenvalue weighted by Gasteiger charge is 2.19. The van der Waals surface area contributed by atoms with Crippen molar-refractivity contribution in [1.82, 2.24) is 0 Å². The molecule has 0 saturated heterocycles. The SMILES string of the molecule is COc1cc(C)c(Br)cc1C(O)c1cc(Cl)ccc1Cl. The molecule has 1 atom stereocenters. The van der Waals surface area contributed by atoms with Crippen molar-refractivity contribution in [2.45, 2.75) is 13.0 Å². The number of aliphatic hydroxyl groups is 1. The van der Waals surface area contributed by atoms with E-state index in [-0.39, 0.29) is 0 Å². The molecular formula is C15H13BrCl2O2. The summed E-state index contributed by atoms with van der Waals surface area (Å²) in [4.78, 5) is 0. The van der Waals surface area contributed by atoms with Gasteiger partial charge in [0.15, 0.2) is 0 Å². The van der Waals surface area contributed by atoms with Crippen LogP contribution in [0.2, 0.25) is 10.0 Å². The molecular weight excluding hydrogens is 363 g/mol. The average molecular weight is 376 g/mol. The Morgan fingerprint density at radius 2 is 1.85 bits per heavy atom. The molecule has 0 aliphatic rings. The molecule has 2 aromatic rings. The minimum Gasteiger partial charge on any atom is -0.496 e. The Balaban J connectivity index is 2.55. The van der Waals surface area contributed by atoms with E-state index in [4.69, 9.17) is 27.9 Å². The maximum absolute atomic E-state index is 10.6. The molecule has 2 rings (SSSR count). The Bertz CT molecular complexity index is 644. The summed E-state index contributed by atoms with van der Waals surface area (Å²) in [5.41, 5.74) is 2.21. The second-order valence-corrected chi connectivity index (χ2v) is 6.11. The van der Waals surface area contributed by atoms with E-state index in [1.54, 1.807) is 25.3 Å². The van der Waals surface area contributed by atoms with Crippen LogP contribution in [0, 0.1) is 6.92 Å². The molecule has 0 radical (unpaired) electrons. The van der Waals surface area contributed by atoms with Crippen LogP contribution >= 0.6 is 39.1 Å². The first kappa shape index (κ1) is 15.6. The van der Waals surface area contributed by atoms with E-state index in [0.717, 1.165) is 10.0 Å². The largest absolute Gasteiger partial charge is 0.496 e. The van der Waals surface area contributed by atoms with Gasteiger partial charge in [0, 0.05) is 25.6 Å². The molecule has 0 fully saturated rings. The summed E-state index contributed by atoms with van der Waals surface area (Å²) in [5.74, 6) is 0.606. The zero-order valence-electron chi connectivity index (χ0n) is 11.0. The van der Waals surface area contributed by atoms with Crippen molar-refractivity contribution in [1.29, 1.82) is 0 Å². The first-order valence-corrected chi connectivity index (χ1v) is 7.46. The molecule has 20 heavy (non-hydrogen) atoms. The maximum Gasteiger partial charge on any atom is 0.125 e. The molecule has 5 heteroatoms. The van der Waals surface area contributed by atoms with Crippen molar-refractivity contribution in [3.63, 3.8) is 0 Å². The van der Waals surface area contributed by atoms with E-state index >= 15 is 0 Å². The molecule has 0 bridgehead atoms. The fourth-order valence-electron chi connectivity index (χ4n) is 1.95. The molecule has 0 amide bonds. The molecule has 0 heterocycles. The van der Waals surface area contributed by atoms with Crippen molar-refractivity contribution < 1.29 is 9.84 Å². The summed E-state index contributed by atoms with van der Waals surface area (Å²) in [6.07, 6.45) is -0.909. The molecule has 0 aliphatic carbocycles. The van der Waals surface area contributed by atoms with Crippen molar-refractivity contribution in [3.05, 3.63) is 61.5 Å². The number of halogens is 3. The summed E-state index contributed by atoms with van der Waals surface area (Å²) >= 11 is 15.6. The van der Waals surface area contributed by atoms with Gasteiger partial charge in [0.2, 0.25) is 0 Å². The highest BCUT2D eigenvalue weighted by molar-refractivity contribution is 9.10. The van der Waals surface area contributed by atoms with Gasteiger partial charge in [0.1, 0.15) is 11.9 Å². The predicted octanol–water partition coefficient (Wildman–Crippen LogP) is 5.15. The lowest BCUT2D eigenvalue weighted by Gasteiger charge is -2.18. The minimum absolute atomic E-state index is 0.459. The minimum atomic E-state index is -0.909. The van der Waals surface area contributed by atoms with Crippen molar-refractivity contribution in [2.24, 2.45) is 0 Å². The third kappa shape index (κ3) is 3.12. The topological polar surface area (TPSA) is 29.5 Å². The third-order valence-electron chi connectivity index (χ3n) is 3.06. The highest BCUT2D eigenvalue weighted by Crippen LogP contribution is 2.37. The third-order valence-corrected chi connectivity index (χ3v) is 4.49. The van der Waals surface area contributed by atoms with Crippen LogP contribution in [0.3, 0.4) is 0 Å². The van der Waals surface area contributed by atoms with Crippen LogP contribution in [0.15, 0.2) is 34.8 Å². The van der Waals surface area contributed by atoms with Gasteiger partial charge in [0.25, 0.3) is 0 Å². The molecule has 1 N–H and O–H groups in total. The first-order valence-electron chi connectivity index (χ1n) is 5.91. The van der Waals surface area contributed by atoms with E-state index in [2.05, 4.69) is 15.9 Å². The van der Waals surface area contributed by atoms with Crippen LogP contribution in [0.5, 0.6) is 5.75 Å². The van der Waals surface area contributed by atoms with Crippen LogP contribution in [0.25, 0.3) is 0 Å². The second-order valence-electron chi connectivity index (χ2n) is 4.41. The van der Waals surface area contributed by atoms with Crippen LogP contribution in [0.1, 0.15) is 22.8 Å². The number of ether oxygens (including phenoxy) is 1. The summed E-state index contributed by atoms with van der Waals surface area (Å²) in [7, 11) is 1.57. The lowest BCUT2D eigenvalue weighted by atomic mass is 9.99. The standard InChI is InChI=1S/C15H13BrCl2O2/c1-8-5-14(20-2)11(7-12(8)16)15(19)10-6-9(17)3-4-13(10)18/h3-7,15,19H,1-2H3. The summed E-state index contributed by atoms with van der Waals surface area (Å²) in [5, 5.41) is 11.6. The van der Waals surface area contributed by atoms with Crippen molar-refractivity contribution >= 4 is 39.1 Å². The van der Waals surface area contributed by atoms with Gasteiger partial charge in [-0.2, -0.15) is 0 Å². The predicted molar refractivity (Wildman–Crippen MR) is 86.0 cm³/mol. The molecule has 2 aromatic carbocycles. The number of aliphatic hydroxyl groups excluding tert-OH is 1. The van der Waals surface area contributed by atoms with Gasteiger partial charge in [-0.1, -0.05) is 39.1 Å². The number of methoxy groups -OCH3 is 1. The summed E-state index contributed by atoms with van der Waals surface area (Å²) in [6.45, 7) is 1.95. The van der Waals surface area contributed by atoms with Crippen molar-refractivity contribution in [3.8, 4) is 5.75 Å². The average Bonchev–Trinajstić information content (AvgIpc) is 2.43. The zero-order valence-corrected chi connectivity index (χ0v) is 14.1. The Hall–Kier alpha value is -0.740. The normalized spacial score (nSPS) is 12.3. The van der Waals surface area contributed by atoms with E-state index in [0.29, 0.717) is 26.9 Å². The molecule has 0 aromatic heterocycles. The van der Waals surface area contributed by atoms with E-state index < -0.39 is 6.10 Å². The summed E-state index contributed by atoms with van der Waals surface area (Å²) < 4.78 is 6.23. The fraction of sp³-hybridized carbons (Fsp3) is 0.200. The quantitative estimate of drug-likeness (QED) is 0.803. The van der Waals surface area contributed by atoms with Gasteiger partial charge in [0.05, 0.1) is 7.11 Å². The van der Waals surface area contributed by atoms with Crippen LogP contribution in [-0.4, -0.2) is 12.2 Å². The number of rotatable bonds is 3. The molecule has 2 nitrogen and oxygen atoms in total. The molecule has 0 aliphatic heterocycles. The van der Waals surface area contributed by atoms with Gasteiger partial charge in [-0.15, -0.1) is 0 Å². The lowest BCUT2D eigenvalue weighted by molar-refractivity contribution is 0.214. The van der Waals surface area contributed by atoms with Gasteiger partial charge in [-0.05, 0) is 42.8 Å². The Labute approximate surface area is 136 Å². The fourth-order valence-corrected chi connectivity index (χ4v) is 2.72. The van der Waals surface area contributed by atoms with Crippen LogP contribution in [0.4, 0.5) is 0 Å². The lowest BCUT2D eigenvalue weighted by Crippen LogP contribution is -2.04. The van der Waals surface area contributed by atoms with E-state index in [9.17, 15) is 5.11 Å². The Morgan fingerprint density at radius 3 is 2.50 bits per heavy atom. The van der Waals surface area contributed by atoms with Crippen molar-refractivity contribution in [2.75, 3.05) is 7.11 Å². The number of hydrogen-bond acceptors (Lipinski definition) is 2. The van der Waals surface area contributed by atoms with Gasteiger partial charge in [-0.3, -0.25) is 0 Å². The number of aryl methyl sites for hydroxylation is 1. The Kier molecular flexibility index (Phi) is 4.97. The van der Waals surface area contributed by atoms with Gasteiger partial charge >= 0.3 is 0 Å². The van der Waals surface area contributed by atoms with E-state index in [1.807, 2.05) is 19.1 Å². The molecule has 0 spiro atoms. The maximum atomic E-state index is 10.6. The van der Waals surface area contributed by atoms with Crippen LogP contribution < -0.4 is 4.74 Å². The smallest absolute Gasteiger partial charge is 0.125 e. The molecule has 0 saturated carbocycles. The first-order chi connectivity index (χ1) is 9.43. The zero-order chi connectivity index (χ0) is 14.9. The van der Waals surface area contributed by atoms with Gasteiger partial charge < -0.3 is 9.84 Å². The van der Waals surface area contributed by atoms with Gasteiger partial charge in [-0.25, -0.2) is 0 Å². The molecule has 1 unspecified atom stereocenters. The number of hydrogen-bond donors (Lipinski definition) is 1. The summed E-state index contributed by atoms with van der Waals surface area (Å²) in [6, 6.07) is 8.69. The van der Waals surface area contributed by atoms with Crippen LogP contribution in [-0.2, 0) is 0 Å². The Morgan fingerprint density at radius 1 is 1.15 bits per heavy atom.